The van der Waals surface area contributed by atoms with Crippen LogP contribution in [0.2, 0.25) is 0 Å². The summed E-state index contributed by atoms with van der Waals surface area (Å²) < 4.78 is 0.600. The number of aromatic carboxylic acids is 1. The summed E-state index contributed by atoms with van der Waals surface area (Å²) in [4.78, 5) is 27.1. The van der Waals surface area contributed by atoms with Crippen molar-refractivity contribution in [3.8, 4) is 0 Å². The van der Waals surface area contributed by atoms with Gasteiger partial charge < -0.3 is 10.4 Å². The molecule has 0 aliphatic heterocycles. The molecule has 0 radical (unpaired) electrons. The molecule has 0 fully saturated rings. The largest absolute Gasteiger partial charge is 0.478 e. The summed E-state index contributed by atoms with van der Waals surface area (Å²) in [6, 6.07) is 9.53. The van der Waals surface area contributed by atoms with E-state index in [-0.39, 0.29) is 11.3 Å². The molecule has 2 N–H and O–H groups in total. The molecule has 6 heteroatoms. The zero-order valence-corrected chi connectivity index (χ0v) is 12.1. The van der Waals surface area contributed by atoms with E-state index in [2.05, 4.69) is 26.2 Å². The third kappa shape index (κ3) is 3.21. The minimum Gasteiger partial charge on any atom is -0.478 e. The lowest BCUT2D eigenvalue weighted by atomic mass is 10.2. The van der Waals surface area contributed by atoms with Gasteiger partial charge in [0.1, 0.15) is 5.69 Å². The van der Waals surface area contributed by atoms with Crippen molar-refractivity contribution in [3.05, 3.63) is 57.8 Å². The highest BCUT2D eigenvalue weighted by Gasteiger charge is 2.12. The van der Waals surface area contributed by atoms with E-state index in [1.54, 1.807) is 31.2 Å². The van der Waals surface area contributed by atoms with E-state index in [1.165, 1.54) is 12.1 Å². The Morgan fingerprint density at radius 3 is 2.65 bits per heavy atom. The fraction of sp³-hybridized carbons (Fsp3) is 0.0714. The molecule has 0 unspecified atom stereocenters. The number of hydrogen-bond donors (Lipinski definition) is 2. The molecule has 0 aliphatic rings. The van der Waals surface area contributed by atoms with E-state index >= 15 is 0 Å². The highest BCUT2D eigenvalue weighted by molar-refractivity contribution is 9.10. The second kappa shape index (κ2) is 5.83. The maximum absolute atomic E-state index is 12.1. The number of nitrogens with zero attached hydrogens (tertiary/aromatic N) is 1. The smallest absolute Gasteiger partial charge is 0.335 e. The number of carboxylic acid groups (broad SMARTS) is 1. The Labute approximate surface area is 123 Å². The Balaban J connectivity index is 2.27. The first-order valence-electron chi connectivity index (χ1n) is 5.75. The first kappa shape index (κ1) is 14.2. The normalized spacial score (nSPS) is 10.1. The summed E-state index contributed by atoms with van der Waals surface area (Å²) >= 11 is 3.27. The van der Waals surface area contributed by atoms with E-state index in [9.17, 15) is 9.59 Å². The summed E-state index contributed by atoms with van der Waals surface area (Å²) in [6.07, 6.45) is 0. The summed E-state index contributed by atoms with van der Waals surface area (Å²) in [5.74, 6) is -1.45. The topological polar surface area (TPSA) is 79.3 Å². The third-order valence-corrected chi connectivity index (χ3v) is 3.27. The Bertz CT molecular complexity index is 686. The molecule has 0 spiro atoms. The molecular weight excluding hydrogens is 324 g/mol. The van der Waals surface area contributed by atoms with Gasteiger partial charge in [0.25, 0.3) is 5.91 Å². The van der Waals surface area contributed by atoms with Gasteiger partial charge >= 0.3 is 5.97 Å². The summed E-state index contributed by atoms with van der Waals surface area (Å²) in [7, 11) is 0. The molecule has 1 aromatic heterocycles. The van der Waals surface area contributed by atoms with Gasteiger partial charge in [0, 0.05) is 10.2 Å². The molecule has 0 bridgehead atoms. The predicted molar refractivity (Wildman–Crippen MR) is 78.0 cm³/mol. The Morgan fingerprint density at radius 1 is 1.25 bits per heavy atom. The number of pyridine rings is 1. The number of aryl methyl sites for hydroxylation is 1. The van der Waals surface area contributed by atoms with Crippen LogP contribution in [-0.4, -0.2) is 22.0 Å². The van der Waals surface area contributed by atoms with Gasteiger partial charge in [-0.2, -0.15) is 0 Å². The maximum atomic E-state index is 12.1. The SMILES string of the molecule is Cc1cccc(C(=O)Nc2cc(C(=O)O)ccc2Br)n1. The van der Waals surface area contributed by atoms with Crippen molar-refractivity contribution in [2.45, 2.75) is 6.92 Å². The van der Waals surface area contributed by atoms with Crippen molar-refractivity contribution in [2.75, 3.05) is 5.32 Å². The van der Waals surface area contributed by atoms with Gasteiger partial charge in [0.15, 0.2) is 0 Å². The van der Waals surface area contributed by atoms with Crippen LogP contribution in [0.1, 0.15) is 26.5 Å². The highest BCUT2D eigenvalue weighted by atomic mass is 79.9. The van der Waals surface area contributed by atoms with Gasteiger partial charge in [-0.1, -0.05) is 6.07 Å². The first-order valence-corrected chi connectivity index (χ1v) is 6.54. The van der Waals surface area contributed by atoms with Crippen LogP contribution < -0.4 is 5.32 Å². The summed E-state index contributed by atoms with van der Waals surface area (Å²) in [5.41, 5.74) is 1.49. The van der Waals surface area contributed by atoms with Crippen LogP contribution in [0.4, 0.5) is 5.69 Å². The molecule has 0 saturated heterocycles. The number of hydrogen-bond acceptors (Lipinski definition) is 3. The average Bonchev–Trinajstić information content (AvgIpc) is 2.41. The molecule has 102 valence electrons. The monoisotopic (exact) mass is 334 g/mol. The van der Waals surface area contributed by atoms with E-state index in [4.69, 9.17) is 5.11 Å². The Hall–Kier alpha value is -2.21. The van der Waals surface area contributed by atoms with Crippen molar-refractivity contribution >= 4 is 33.5 Å². The van der Waals surface area contributed by atoms with Crippen LogP contribution in [0.25, 0.3) is 0 Å². The highest BCUT2D eigenvalue weighted by Crippen LogP contribution is 2.24. The molecule has 1 aromatic carbocycles. The number of benzene rings is 1. The quantitative estimate of drug-likeness (QED) is 0.903. The second-order valence-electron chi connectivity index (χ2n) is 4.12. The average molecular weight is 335 g/mol. The van der Waals surface area contributed by atoms with Crippen molar-refractivity contribution < 1.29 is 14.7 Å². The number of carboxylic acids is 1. The van der Waals surface area contributed by atoms with Crippen molar-refractivity contribution in [3.63, 3.8) is 0 Å². The lowest BCUT2D eigenvalue weighted by molar-refractivity contribution is 0.0696. The molecule has 0 atom stereocenters. The molecule has 1 amide bonds. The van der Waals surface area contributed by atoms with Crippen LogP contribution >= 0.6 is 15.9 Å². The number of aromatic nitrogens is 1. The van der Waals surface area contributed by atoms with Gasteiger partial charge in [-0.05, 0) is 53.2 Å². The molecule has 0 aliphatic carbocycles. The minimum atomic E-state index is -1.05. The number of carbonyl (C=O) groups excluding carboxylic acids is 1. The predicted octanol–water partition coefficient (Wildman–Crippen LogP) is 3.10. The van der Waals surface area contributed by atoms with Gasteiger partial charge in [0.05, 0.1) is 11.3 Å². The van der Waals surface area contributed by atoms with Gasteiger partial charge in [-0.3, -0.25) is 4.79 Å². The van der Waals surface area contributed by atoms with Gasteiger partial charge in [-0.25, -0.2) is 9.78 Å². The molecule has 20 heavy (non-hydrogen) atoms. The van der Waals surface area contributed by atoms with Crippen LogP contribution in [0.3, 0.4) is 0 Å². The standard InChI is InChI=1S/C14H11BrN2O3/c1-8-3-2-4-11(16-8)13(18)17-12-7-9(14(19)20)5-6-10(12)15/h2-7H,1H3,(H,17,18)(H,19,20). The first-order chi connectivity index (χ1) is 9.47. The number of rotatable bonds is 3. The van der Waals surface area contributed by atoms with Gasteiger partial charge in [0.2, 0.25) is 0 Å². The maximum Gasteiger partial charge on any atom is 0.335 e. The van der Waals surface area contributed by atoms with E-state index in [1.807, 2.05) is 0 Å². The minimum absolute atomic E-state index is 0.0979. The summed E-state index contributed by atoms with van der Waals surface area (Å²) in [6.45, 7) is 1.79. The summed E-state index contributed by atoms with van der Waals surface area (Å²) in [5, 5.41) is 11.6. The second-order valence-corrected chi connectivity index (χ2v) is 4.97. The fourth-order valence-electron chi connectivity index (χ4n) is 1.61. The lowest BCUT2D eigenvalue weighted by Gasteiger charge is -2.08. The molecule has 1 heterocycles. The zero-order valence-electron chi connectivity index (χ0n) is 10.6. The van der Waals surface area contributed by atoms with Crippen LogP contribution in [0.15, 0.2) is 40.9 Å². The molecule has 0 saturated carbocycles. The van der Waals surface area contributed by atoms with Crippen molar-refractivity contribution in [1.82, 2.24) is 4.98 Å². The number of nitrogens with one attached hydrogen (secondary N) is 1. The van der Waals surface area contributed by atoms with E-state index in [0.717, 1.165) is 5.69 Å². The lowest BCUT2D eigenvalue weighted by Crippen LogP contribution is -2.14. The number of halogens is 1. The van der Waals surface area contributed by atoms with Crippen LogP contribution in [0, 0.1) is 6.92 Å². The van der Waals surface area contributed by atoms with Crippen LogP contribution in [0.5, 0.6) is 0 Å². The number of anilines is 1. The van der Waals surface area contributed by atoms with E-state index in [0.29, 0.717) is 10.2 Å². The zero-order chi connectivity index (χ0) is 14.7. The fourth-order valence-corrected chi connectivity index (χ4v) is 1.96. The Morgan fingerprint density at radius 2 is 2.00 bits per heavy atom. The Kier molecular flexibility index (Phi) is 4.14. The number of amides is 1. The van der Waals surface area contributed by atoms with Crippen molar-refractivity contribution in [2.24, 2.45) is 0 Å². The van der Waals surface area contributed by atoms with Crippen molar-refractivity contribution in [1.29, 1.82) is 0 Å². The van der Waals surface area contributed by atoms with Gasteiger partial charge in [-0.15, -0.1) is 0 Å². The number of carbonyl (C=O) groups is 2. The van der Waals surface area contributed by atoms with E-state index < -0.39 is 11.9 Å². The molecule has 2 aromatic rings. The molecular formula is C14H11BrN2O3. The molecule has 5 nitrogen and oxygen atoms in total. The van der Waals surface area contributed by atoms with Crippen LogP contribution in [-0.2, 0) is 0 Å². The third-order valence-electron chi connectivity index (χ3n) is 2.58. The molecule has 2 rings (SSSR count).